The lowest BCUT2D eigenvalue weighted by atomic mass is 9.92. The minimum absolute atomic E-state index is 0.355. The van der Waals surface area contributed by atoms with E-state index in [9.17, 15) is 9.59 Å². The van der Waals surface area contributed by atoms with Gasteiger partial charge < -0.3 is 20.1 Å². The Bertz CT molecular complexity index is 860. The Morgan fingerprint density at radius 1 is 1.07 bits per heavy atom. The highest BCUT2D eigenvalue weighted by molar-refractivity contribution is 6.04. The number of rotatable bonds is 7. The maximum Gasteiger partial charge on any atom is 0.338 e. The number of carbonyl (C=O) groups is 2. The molecule has 1 aliphatic rings. The Labute approximate surface area is 164 Å². The fraction of sp³-hybridized carbons (Fsp3) is 0.273. The second-order valence-corrected chi connectivity index (χ2v) is 6.45. The number of benzene rings is 2. The summed E-state index contributed by atoms with van der Waals surface area (Å²) in [6, 6.07) is 15.6. The number of urea groups is 1. The first-order valence-electron chi connectivity index (χ1n) is 9.32. The van der Waals surface area contributed by atoms with E-state index >= 15 is 0 Å². The van der Waals surface area contributed by atoms with E-state index in [1.54, 1.807) is 0 Å². The molecule has 0 aliphatic carbocycles. The number of methoxy groups -OCH3 is 1. The average molecular weight is 380 g/mol. The highest BCUT2D eigenvalue weighted by Gasteiger charge is 2.34. The molecule has 2 amide bonds. The normalized spacial score (nSPS) is 16.2. The molecule has 6 nitrogen and oxygen atoms in total. The average Bonchev–Trinajstić information content (AvgIpc) is 2.74. The molecule has 0 saturated heterocycles. The number of hydrogen-bond acceptors (Lipinski definition) is 4. The van der Waals surface area contributed by atoms with E-state index in [1.165, 1.54) is 7.11 Å². The van der Waals surface area contributed by atoms with Crippen molar-refractivity contribution in [3.63, 3.8) is 0 Å². The summed E-state index contributed by atoms with van der Waals surface area (Å²) >= 11 is 0. The number of ether oxygens (including phenoxy) is 2. The lowest BCUT2D eigenvalue weighted by molar-refractivity contribution is -0.136. The van der Waals surface area contributed by atoms with Crippen LogP contribution in [-0.4, -0.2) is 25.7 Å². The van der Waals surface area contributed by atoms with Gasteiger partial charge in [0.15, 0.2) is 0 Å². The van der Waals surface area contributed by atoms with Crippen LogP contribution in [0.4, 0.5) is 4.79 Å². The van der Waals surface area contributed by atoms with Crippen molar-refractivity contribution in [2.75, 3.05) is 13.7 Å². The molecule has 6 heteroatoms. The number of carbonyl (C=O) groups excluding carboxylic acids is 2. The summed E-state index contributed by atoms with van der Waals surface area (Å²) in [6.07, 6.45) is 2.05. The van der Waals surface area contributed by atoms with E-state index < -0.39 is 12.0 Å². The maximum atomic E-state index is 12.6. The van der Waals surface area contributed by atoms with E-state index in [0.717, 1.165) is 29.7 Å². The number of esters is 1. The van der Waals surface area contributed by atoms with Crippen LogP contribution in [0.1, 0.15) is 36.9 Å². The van der Waals surface area contributed by atoms with Gasteiger partial charge in [-0.3, -0.25) is 0 Å². The highest BCUT2D eigenvalue weighted by atomic mass is 16.5. The van der Waals surface area contributed by atoms with Crippen molar-refractivity contribution < 1.29 is 19.1 Å². The first-order valence-corrected chi connectivity index (χ1v) is 9.32. The zero-order chi connectivity index (χ0) is 19.9. The van der Waals surface area contributed by atoms with Gasteiger partial charge in [0.05, 0.1) is 31.0 Å². The molecular weight excluding hydrogens is 356 g/mol. The van der Waals surface area contributed by atoms with Crippen molar-refractivity contribution in [3.8, 4) is 5.75 Å². The van der Waals surface area contributed by atoms with Crippen molar-refractivity contribution in [2.24, 2.45) is 0 Å². The van der Waals surface area contributed by atoms with Gasteiger partial charge in [0.2, 0.25) is 0 Å². The minimum Gasteiger partial charge on any atom is -0.494 e. The Hall–Kier alpha value is -3.28. The van der Waals surface area contributed by atoms with E-state index in [4.69, 9.17) is 9.47 Å². The van der Waals surface area contributed by atoms with E-state index in [-0.39, 0.29) is 6.03 Å². The smallest absolute Gasteiger partial charge is 0.338 e. The molecule has 2 aromatic carbocycles. The fourth-order valence-electron chi connectivity index (χ4n) is 3.07. The van der Waals surface area contributed by atoms with E-state index in [1.807, 2.05) is 54.6 Å². The zero-order valence-corrected chi connectivity index (χ0v) is 16.0. The Morgan fingerprint density at radius 3 is 2.43 bits per heavy atom. The predicted octanol–water partition coefficient (Wildman–Crippen LogP) is 3.80. The third-order valence-electron chi connectivity index (χ3n) is 4.52. The van der Waals surface area contributed by atoms with Crippen LogP contribution in [0, 0.1) is 0 Å². The van der Waals surface area contributed by atoms with Crippen LogP contribution < -0.4 is 15.4 Å². The Kier molecular flexibility index (Phi) is 6.32. The van der Waals surface area contributed by atoms with Gasteiger partial charge in [-0.2, -0.15) is 0 Å². The number of unbranched alkanes of at least 4 members (excludes halogenated alkanes) is 1. The molecule has 28 heavy (non-hydrogen) atoms. The summed E-state index contributed by atoms with van der Waals surface area (Å²) < 4.78 is 10.7. The molecule has 3 rings (SSSR count). The fourth-order valence-corrected chi connectivity index (χ4v) is 3.07. The monoisotopic (exact) mass is 380 g/mol. The van der Waals surface area contributed by atoms with Crippen LogP contribution >= 0.6 is 0 Å². The molecule has 2 aromatic rings. The van der Waals surface area contributed by atoms with Crippen LogP contribution in [-0.2, 0) is 9.53 Å². The molecule has 146 valence electrons. The van der Waals surface area contributed by atoms with Gasteiger partial charge in [0.1, 0.15) is 5.75 Å². The summed E-state index contributed by atoms with van der Waals surface area (Å²) in [5.74, 6) is 0.254. The first-order chi connectivity index (χ1) is 13.6. The third-order valence-corrected chi connectivity index (χ3v) is 4.52. The van der Waals surface area contributed by atoms with Crippen molar-refractivity contribution >= 4 is 17.7 Å². The summed E-state index contributed by atoms with van der Waals surface area (Å²) in [7, 11) is 1.33. The van der Waals surface area contributed by atoms with Crippen LogP contribution in [0.5, 0.6) is 5.75 Å². The topological polar surface area (TPSA) is 76.7 Å². The van der Waals surface area contributed by atoms with Gasteiger partial charge >= 0.3 is 12.0 Å². The van der Waals surface area contributed by atoms with Crippen molar-refractivity contribution in [1.82, 2.24) is 10.6 Å². The summed E-state index contributed by atoms with van der Waals surface area (Å²) in [6.45, 7) is 2.77. The lowest BCUT2D eigenvalue weighted by Crippen LogP contribution is -2.45. The molecule has 0 spiro atoms. The van der Waals surface area contributed by atoms with Crippen LogP contribution in [0.2, 0.25) is 0 Å². The maximum absolute atomic E-state index is 12.6. The van der Waals surface area contributed by atoms with Gasteiger partial charge in [-0.25, -0.2) is 9.59 Å². The summed E-state index contributed by atoms with van der Waals surface area (Å²) in [5.41, 5.74) is 2.31. The van der Waals surface area contributed by atoms with Crippen molar-refractivity contribution in [3.05, 3.63) is 71.3 Å². The number of amides is 2. The van der Waals surface area contributed by atoms with E-state index in [2.05, 4.69) is 17.6 Å². The molecule has 0 bridgehead atoms. The minimum atomic E-state index is -0.624. The quantitative estimate of drug-likeness (QED) is 0.566. The predicted molar refractivity (Wildman–Crippen MR) is 107 cm³/mol. The molecule has 1 atom stereocenters. The Balaban J connectivity index is 1.98. The third kappa shape index (κ3) is 4.34. The summed E-state index contributed by atoms with van der Waals surface area (Å²) in [5, 5.41) is 5.57. The van der Waals surface area contributed by atoms with Gasteiger partial charge in [-0.1, -0.05) is 55.8 Å². The van der Waals surface area contributed by atoms with Crippen LogP contribution in [0.3, 0.4) is 0 Å². The highest BCUT2D eigenvalue weighted by Crippen LogP contribution is 2.32. The zero-order valence-electron chi connectivity index (χ0n) is 16.0. The molecule has 1 heterocycles. The molecule has 2 N–H and O–H groups in total. The molecular formula is C22H24N2O4. The molecule has 0 aromatic heterocycles. The largest absolute Gasteiger partial charge is 0.494 e. The molecule has 1 aliphatic heterocycles. The van der Waals surface area contributed by atoms with Gasteiger partial charge in [-0.05, 0) is 29.7 Å². The van der Waals surface area contributed by atoms with Gasteiger partial charge in [0.25, 0.3) is 0 Å². The molecule has 0 fully saturated rings. The van der Waals surface area contributed by atoms with Crippen molar-refractivity contribution in [2.45, 2.75) is 25.8 Å². The van der Waals surface area contributed by atoms with Gasteiger partial charge in [0, 0.05) is 0 Å². The molecule has 0 saturated carbocycles. The summed E-state index contributed by atoms with van der Waals surface area (Å²) in [4.78, 5) is 24.9. The van der Waals surface area contributed by atoms with Gasteiger partial charge in [-0.15, -0.1) is 0 Å². The molecule has 0 radical (unpaired) electrons. The molecule has 1 unspecified atom stereocenters. The standard InChI is InChI=1S/C22H24N2O4/c1-3-4-14-28-17-12-10-16(11-13-17)20-18(21(25)27-2)19(23-22(26)24-20)15-8-6-5-7-9-15/h5-13,20H,3-4,14H2,1-2H3,(H2,23,24,26). The van der Waals surface area contributed by atoms with Crippen LogP contribution in [0.15, 0.2) is 60.2 Å². The van der Waals surface area contributed by atoms with Crippen LogP contribution in [0.25, 0.3) is 5.70 Å². The van der Waals surface area contributed by atoms with E-state index in [0.29, 0.717) is 17.9 Å². The SMILES string of the molecule is CCCCOc1ccc(C2NC(=O)NC(c3ccccc3)=C2C(=O)OC)cc1. The number of hydrogen-bond donors (Lipinski definition) is 2. The second-order valence-electron chi connectivity index (χ2n) is 6.45. The number of nitrogens with one attached hydrogen (secondary N) is 2. The van der Waals surface area contributed by atoms with Crippen molar-refractivity contribution in [1.29, 1.82) is 0 Å². The Morgan fingerprint density at radius 2 is 1.79 bits per heavy atom. The second kappa shape index (κ2) is 9.08. The first kappa shape index (κ1) is 19.5. The lowest BCUT2D eigenvalue weighted by Gasteiger charge is -2.29.